The van der Waals surface area contributed by atoms with E-state index in [1.165, 1.54) is 27.7 Å². The molecule has 118 valence electrons. The van der Waals surface area contributed by atoms with E-state index in [4.69, 9.17) is 12.2 Å². The first-order chi connectivity index (χ1) is 11.0. The Bertz CT molecular complexity index is 1000. The molecular weight excluding hydrogens is 350 g/mol. The van der Waals surface area contributed by atoms with Gasteiger partial charge in [0.1, 0.15) is 4.70 Å². The maximum Gasteiger partial charge on any atom is 0.273 e. The Balaban J connectivity index is 1.93. The molecule has 0 radical (unpaired) electrons. The maximum atomic E-state index is 12.4. The summed E-state index contributed by atoms with van der Waals surface area (Å²) in [6.45, 7) is 0. The number of ketones is 1. The fraction of sp³-hybridized carbons (Fsp3) is 0.200. The predicted molar refractivity (Wildman–Crippen MR) is 96.2 cm³/mol. The summed E-state index contributed by atoms with van der Waals surface area (Å²) in [6.07, 6.45) is 0. The summed E-state index contributed by atoms with van der Waals surface area (Å²) in [6, 6.07) is 9.08. The van der Waals surface area contributed by atoms with Gasteiger partial charge in [-0.15, -0.1) is 0 Å². The van der Waals surface area contributed by atoms with Gasteiger partial charge in [-0.3, -0.25) is 14.2 Å². The van der Waals surface area contributed by atoms with Gasteiger partial charge in [-0.25, -0.2) is 4.98 Å². The van der Waals surface area contributed by atoms with Crippen LogP contribution in [0.2, 0.25) is 0 Å². The van der Waals surface area contributed by atoms with E-state index in [2.05, 4.69) is 4.98 Å². The largest absolute Gasteiger partial charge is 0.311 e. The lowest BCUT2D eigenvalue weighted by Crippen LogP contribution is -2.20. The maximum absolute atomic E-state index is 12.4. The highest BCUT2D eigenvalue weighted by Crippen LogP contribution is 2.21. The molecule has 0 aliphatic carbocycles. The van der Waals surface area contributed by atoms with E-state index in [1.54, 1.807) is 30.8 Å². The highest BCUT2D eigenvalue weighted by atomic mass is 32.2. The van der Waals surface area contributed by atoms with Crippen molar-refractivity contribution in [2.24, 2.45) is 14.1 Å². The molecule has 0 N–H and O–H groups in total. The molecule has 0 aliphatic rings. The number of benzene rings is 1. The highest BCUT2D eigenvalue weighted by Gasteiger charge is 2.15. The van der Waals surface area contributed by atoms with Crippen molar-refractivity contribution in [1.29, 1.82) is 0 Å². The lowest BCUT2D eigenvalue weighted by atomic mass is 10.2. The molecule has 3 rings (SSSR count). The van der Waals surface area contributed by atoms with Crippen LogP contribution in [0.5, 0.6) is 0 Å². The lowest BCUT2D eigenvalue weighted by molar-refractivity contribution is 0.102. The molecule has 0 fully saturated rings. The molecule has 0 unspecified atom stereocenters. The number of hydrogen-bond acceptors (Lipinski definition) is 6. The average Bonchev–Trinajstić information content (AvgIpc) is 2.85. The van der Waals surface area contributed by atoms with Gasteiger partial charge in [0, 0.05) is 19.7 Å². The zero-order chi connectivity index (χ0) is 16.6. The standard InChI is InChI=1S/C15H13N3O2S3/c1-17-12-11(23-15(17)21)13(20)18(2)14(16-12)22-8-10(19)9-6-4-3-5-7-9/h3-7H,8H2,1-2H3. The Hall–Kier alpha value is -1.77. The first-order valence-corrected chi connectivity index (χ1v) is 8.97. The van der Waals surface area contributed by atoms with E-state index in [9.17, 15) is 9.59 Å². The second-order valence-electron chi connectivity index (χ2n) is 4.92. The fourth-order valence-electron chi connectivity index (χ4n) is 2.08. The Kier molecular flexibility index (Phi) is 4.47. The number of carbonyl (C=O) groups is 1. The van der Waals surface area contributed by atoms with Gasteiger partial charge < -0.3 is 4.57 Å². The Morgan fingerprint density at radius 2 is 1.96 bits per heavy atom. The van der Waals surface area contributed by atoms with Crippen molar-refractivity contribution in [2.75, 3.05) is 5.75 Å². The molecule has 0 aliphatic heterocycles. The van der Waals surface area contributed by atoms with Crippen LogP contribution in [0.3, 0.4) is 0 Å². The van der Waals surface area contributed by atoms with Crippen LogP contribution in [0, 0.1) is 3.95 Å². The minimum absolute atomic E-state index is 0.00333. The fourth-order valence-corrected chi connectivity index (χ4v) is 4.16. The minimum atomic E-state index is -0.138. The van der Waals surface area contributed by atoms with E-state index in [0.29, 0.717) is 25.0 Å². The Morgan fingerprint density at radius 1 is 1.26 bits per heavy atom. The molecule has 8 heteroatoms. The van der Waals surface area contributed by atoms with Gasteiger partial charge in [-0.2, -0.15) is 0 Å². The molecule has 23 heavy (non-hydrogen) atoms. The third-order valence-corrected chi connectivity index (χ3v) is 5.96. The number of thiazole rings is 1. The summed E-state index contributed by atoms with van der Waals surface area (Å²) >= 11 is 7.71. The first-order valence-electron chi connectivity index (χ1n) is 6.76. The van der Waals surface area contributed by atoms with Gasteiger partial charge in [-0.05, 0) is 12.2 Å². The molecule has 0 bridgehead atoms. The second kappa shape index (κ2) is 6.38. The quantitative estimate of drug-likeness (QED) is 0.309. The molecule has 2 heterocycles. The van der Waals surface area contributed by atoms with Crippen LogP contribution in [0.4, 0.5) is 0 Å². The van der Waals surface area contributed by atoms with Crippen LogP contribution in [0.15, 0.2) is 40.3 Å². The van der Waals surface area contributed by atoms with Gasteiger partial charge in [-0.1, -0.05) is 53.4 Å². The third-order valence-electron chi connectivity index (χ3n) is 3.40. The molecular formula is C15H13N3O2S3. The predicted octanol–water partition coefficient (Wildman–Crippen LogP) is 3.04. The van der Waals surface area contributed by atoms with E-state index >= 15 is 0 Å². The number of rotatable bonds is 4. The number of nitrogens with zero attached hydrogens (tertiary/aromatic N) is 3. The van der Waals surface area contributed by atoms with Crippen LogP contribution >= 0.6 is 35.3 Å². The zero-order valence-electron chi connectivity index (χ0n) is 12.5. The summed E-state index contributed by atoms with van der Waals surface area (Å²) in [5, 5.41) is 0.509. The van der Waals surface area contributed by atoms with Crippen LogP contribution in [0.1, 0.15) is 10.4 Å². The average molecular weight is 363 g/mol. The highest BCUT2D eigenvalue weighted by molar-refractivity contribution is 7.99. The second-order valence-corrected chi connectivity index (χ2v) is 7.50. The molecule has 0 spiro atoms. The molecule has 3 aromatic rings. The zero-order valence-corrected chi connectivity index (χ0v) is 14.9. The van der Waals surface area contributed by atoms with Gasteiger partial charge in [0.15, 0.2) is 20.5 Å². The van der Waals surface area contributed by atoms with E-state index in [-0.39, 0.29) is 17.1 Å². The molecule has 2 aromatic heterocycles. The molecule has 5 nitrogen and oxygen atoms in total. The number of hydrogen-bond donors (Lipinski definition) is 0. The number of aryl methyl sites for hydroxylation is 1. The number of Topliss-reactive ketones (excluding diaryl/α,β-unsaturated/α-hetero) is 1. The number of carbonyl (C=O) groups excluding carboxylic acids is 1. The molecule has 0 atom stereocenters. The summed E-state index contributed by atoms with van der Waals surface area (Å²) < 4.78 is 4.34. The van der Waals surface area contributed by atoms with E-state index in [1.807, 2.05) is 18.2 Å². The van der Waals surface area contributed by atoms with Crippen molar-refractivity contribution < 1.29 is 4.79 Å². The first kappa shape index (κ1) is 16.1. The Morgan fingerprint density at radius 3 is 2.65 bits per heavy atom. The summed E-state index contributed by atoms with van der Waals surface area (Å²) in [4.78, 5) is 29.1. The van der Waals surface area contributed by atoms with Gasteiger partial charge in [0.2, 0.25) is 0 Å². The van der Waals surface area contributed by atoms with Crippen molar-refractivity contribution in [3.63, 3.8) is 0 Å². The van der Waals surface area contributed by atoms with Gasteiger partial charge in [0.25, 0.3) is 5.56 Å². The third kappa shape index (κ3) is 3.01. The lowest BCUT2D eigenvalue weighted by Gasteiger charge is -2.07. The smallest absolute Gasteiger partial charge is 0.273 e. The molecule has 0 amide bonds. The number of fused-ring (bicyclic) bond motifs is 1. The van der Waals surface area contributed by atoms with Crippen molar-refractivity contribution in [3.8, 4) is 0 Å². The van der Waals surface area contributed by atoms with Crippen LogP contribution in [-0.4, -0.2) is 25.7 Å². The summed E-state index contributed by atoms with van der Waals surface area (Å²) in [5.41, 5.74) is 1.08. The van der Waals surface area contributed by atoms with E-state index < -0.39 is 0 Å². The monoisotopic (exact) mass is 363 g/mol. The van der Waals surface area contributed by atoms with E-state index in [0.717, 1.165) is 0 Å². The SMILES string of the molecule is Cn1c(SCC(=O)c2ccccc2)nc2c(sc(=S)n2C)c1=O. The molecule has 0 saturated carbocycles. The molecule has 1 aromatic carbocycles. The van der Waals surface area contributed by atoms with Crippen molar-refractivity contribution in [2.45, 2.75) is 5.16 Å². The Labute approximate surface area is 145 Å². The van der Waals surface area contributed by atoms with Crippen molar-refractivity contribution in [3.05, 3.63) is 50.2 Å². The number of thioether (sulfide) groups is 1. The summed E-state index contributed by atoms with van der Waals surface area (Å²) in [5.74, 6) is 0.230. The minimum Gasteiger partial charge on any atom is -0.311 e. The van der Waals surface area contributed by atoms with Gasteiger partial charge in [0.05, 0.1) is 5.75 Å². The topological polar surface area (TPSA) is 56.9 Å². The normalized spacial score (nSPS) is 11.0. The molecule has 0 saturated heterocycles. The van der Waals surface area contributed by atoms with Crippen LogP contribution < -0.4 is 5.56 Å². The van der Waals surface area contributed by atoms with Crippen LogP contribution in [0.25, 0.3) is 10.3 Å². The van der Waals surface area contributed by atoms with Crippen molar-refractivity contribution in [1.82, 2.24) is 14.1 Å². The number of aromatic nitrogens is 3. The summed E-state index contributed by atoms with van der Waals surface area (Å²) in [7, 11) is 3.45. The van der Waals surface area contributed by atoms with Crippen molar-refractivity contribution >= 4 is 51.4 Å². The van der Waals surface area contributed by atoms with Gasteiger partial charge >= 0.3 is 0 Å². The van der Waals surface area contributed by atoms with Crippen LogP contribution in [-0.2, 0) is 14.1 Å².